The molecule has 2 N–H and O–H groups in total. The predicted molar refractivity (Wildman–Crippen MR) is 122 cm³/mol. The smallest absolute Gasteiger partial charge is 0.270 e. The van der Waals surface area contributed by atoms with Crippen LogP contribution >= 0.6 is 0 Å². The van der Waals surface area contributed by atoms with E-state index in [1.54, 1.807) is 11.0 Å². The quantitative estimate of drug-likeness (QED) is 0.584. The first-order chi connectivity index (χ1) is 16.5. The number of hydrogen-bond donors (Lipinski definition) is 2. The molecule has 0 aromatic carbocycles. The van der Waals surface area contributed by atoms with Crippen molar-refractivity contribution in [2.24, 2.45) is 5.92 Å². The summed E-state index contributed by atoms with van der Waals surface area (Å²) < 4.78 is 13.5. The summed E-state index contributed by atoms with van der Waals surface area (Å²) in [6.07, 6.45) is 7.83. The normalized spacial score (nSPS) is 19.7. The molecule has 182 valence electrons. The highest BCUT2D eigenvalue weighted by Crippen LogP contribution is 2.25. The average Bonchev–Trinajstić information content (AvgIpc) is 3.56. The lowest BCUT2D eigenvalue weighted by atomic mass is 10.00. The Bertz CT molecular complexity index is 1170. The van der Waals surface area contributed by atoms with Crippen LogP contribution in [0.15, 0.2) is 17.1 Å². The lowest BCUT2D eigenvalue weighted by Crippen LogP contribution is -2.39. The summed E-state index contributed by atoms with van der Waals surface area (Å²) in [5.41, 5.74) is -0.0167. The summed E-state index contributed by atoms with van der Waals surface area (Å²) in [5.74, 6) is -1.07. The van der Waals surface area contributed by atoms with E-state index in [9.17, 15) is 19.5 Å². The number of amides is 2. The largest absolute Gasteiger partial charge is 0.492 e. The first-order valence-electron chi connectivity index (χ1n) is 11.8. The number of morpholine rings is 1. The molecular weight excluding hydrogens is 442 g/mol. The van der Waals surface area contributed by atoms with E-state index in [-0.39, 0.29) is 23.4 Å². The van der Waals surface area contributed by atoms with E-state index in [1.165, 1.54) is 21.4 Å². The predicted octanol–water partition coefficient (Wildman–Crippen LogP) is 0.392. The molecule has 2 saturated heterocycles. The van der Waals surface area contributed by atoms with E-state index in [1.807, 2.05) is 0 Å². The van der Waals surface area contributed by atoms with Gasteiger partial charge in [0.25, 0.3) is 11.5 Å². The molecule has 11 nitrogen and oxygen atoms in total. The van der Waals surface area contributed by atoms with Gasteiger partial charge in [-0.3, -0.25) is 19.0 Å². The first kappa shape index (κ1) is 22.6. The number of aromatic nitrogens is 3. The third-order valence-electron chi connectivity index (χ3n) is 6.56. The van der Waals surface area contributed by atoms with Gasteiger partial charge in [-0.1, -0.05) is 0 Å². The molecule has 2 aliphatic heterocycles. The van der Waals surface area contributed by atoms with Crippen LogP contribution in [-0.2, 0) is 20.8 Å². The van der Waals surface area contributed by atoms with Crippen LogP contribution in [0.4, 0.5) is 0 Å². The Morgan fingerprint density at radius 1 is 1.12 bits per heavy atom. The average molecular weight is 472 g/mol. The summed E-state index contributed by atoms with van der Waals surface area (Å²) in [6, 6.07) is 0.0354. The molecule has 1 saturated carbocycles. The standard InChI is InChI=1S/C23H29N5O6/c29-18(26-7-11-34-12-8-26)4-1-16-13-24-28-21(16)27(14-15-5-9-33-10-6-15)22(31)19(23(28)32)20(30)25-17-2-3-17/h1,4,13,15,17,32H,2-3,5-12,14H2,(H,25,30)/b4-1+. The molecule has 2 aromatic rings. The summed E-state index contributed by atoms with van der Waals surface area (Å²) >= 11 is 0. The summed E-state index contributed by atoms with van der Waals surface area (Å²) in [5, 5.41) is 17.9. The van der Waals surface area contributed by atoms with E-state index in [4.69, 9.17) is 9.47 Å². The minimum Gasteiger partial charge on any atom is -0.492 e. The number of fused-ring (bicyclic) bond motifs is 1. The Balaban J connectivity index is 1.54. The van der Waals surface area contributed by atoms with Gasteiger partial charge < -0.3 is 24.8 Å². The minimum absolute atomic E-state index is 0.0354. The van der Waals surface area contributed by atoms with Gasteiger partial charge >= 0.3 is 0 Å². The molecule has 0 unspecified atom stereocenters. The van der Waals surface area contributed by atoms with Crippen molar-refractivity contribution in [2.75, 3.05) is 39.5 Å². The number of nitrogens with one attached hydrogen (secondary N) is 1. The van der Waals surface area contributed by atoms with Gasteiger partial charge in [-0.15, -0.1) is 0 Å². The molecule has 0 atom stereocenters. The fourth-order valence-electron chi connectivity index (χ4n) is 4.42. The first-order valence-corrected chi connectivity index (χ1v) is 11.8. The number of nitrogens with zero attached hydrogens (tertiary/aromatic N) is 4. The number of hydrogen-bond acceptors (Lipinski definition) is 7. The third kappa shape index (κ3) is 4.58. The van der Waals surface area contributed by atoms with E-state index in [0.29, 0.717) is 57.3 Å². The van der Waals surface area contributed by atoms with Crippen molar-refractivity contribution < 1.29 is 24.2 Å². The van der Waals surface area contributed by atoms with Crippen LogP contribution in [-0.4, -0.2) is 81.6 Å². The number of carbonyl (C=O) groups is 2. The van der Waals surface area contributed by atoms with Crippen molar-refractivity contribution >= 4 is 23.5 Å². The van der Waals surface area contributed by atoms with Crippen molar-refractivity contribution in [1.82, 2.24) is 24.4 Å². The fourth-order valence-corrected chi connectivity index (χ4v) is 4.42. The highest BCUT2D eigenvalue weighted by atomic mass is 16.5. The van der Waals surface area contributed by atoms with Gasteiger partial charge in [-0.05, 0) is 37.7 Å². The molecule has 3 aliphatic rings. The highest BCUT2D eigenvalue weighted by Gasteiger charge is 2.30. The Morgan fingerprint density at radius 3 is 2.53 bits per heavy atom. The maximum atomic E-state index is 13.5. The molecule has 0 spiro atoms. The number of carbonyl (C=O) groups excluding carboxylic acids is 2. The van der Waals surface area contributed by atoms with Gasteiger partial charge in [0.2, 0.25) is 11.8 Å². The van der Waals surface area contributed by atoms with Crippen molar-refractivity contribution in [3.63, 3.8) is 0 Å². The topological polar surface area (TPSA) is 127 Å². The summed E-state index contributed by atoms with van der Waals surface area (Å²) in [6.45, 7) is 3.63. The van der Waals surface area contributed by atoms with Gasteiger partial charge in [0, 0.05) is 50.5 Å². The summed E-state index contributed by atoms with van der Waals surface area (Å²) in [4.78, 5) is 40.6. The van der Waals surface area contributed by atoms with Crippen LogP contribution in [0.2, 0.25) is 0 Å². The third-order valence-corrected chi connectivity index (χ3v) is 6.56. The molecule has 3 fully saturated rings. The molecular formula is C23H29N5O6. The van der Waals surface area contributed by atoms with E-state index in [2.05, 4.69) is 10.4 Å². The highest BCUT2D eigenvalue weighted by molar-refractivity contribution is 5.97. The fraction of sp³-hybridized carbons (Fsp3) is 0.565. The molecule has 11 heteroatoms. The van der Waals surface area contributed by atoms with Crippen molar-refractivity contribution in [2.45, 2.75) is 38.3 Å². The number of aromatic hydroxyl groups is 1. The molecule has 0 bridgehead atoms. The Labute approximate surface area is 195 Å². The lowest BCUT2D eigenvalue weighted by Gasteiger charge is -2.25. The second-order valence-corrected chi connectivity index (χ2v) is 9.02. The zero-order valence-corrected chi connectivity index (χ0v) is 18.9. The molecule has 0 radical (unpaired) electrons. The SMILES string of the molecule is O=C(NC1CC1)c1c(O)n2ncc(/C=C/C(=O)N3CCOCC3)c2n(CC2CCOCC2)c1=O. The van der Waals surface area contributed by atoms with Gasteiger partial charge in [0.15, 0.2) is 5.56 Å². The second-order valence-electron chi connectivity index (χ2n) is 9.02. The monoisotopic (exact) mass is 471 g/mol. The van der Waals surface area contributed by atoms with E-state index >= 15 is 0 Å². The summed E-state index contributed by atoms with van der Waals surface area (Å²) in [7, 11) is 0. The van der Waals surface area contributed by atoms with Crippen LogP contribution < -0.4 is 10.9 Å². The van der Waals surface area contributed by atoms with Gasteiger partial charge in [0.1, 0.15) is 5.65 Å². The van der Waals surface area contributed by atoms with Gasteiger partial charge in [-0.2, -0.15) is 9.61 Å². The van der Waals surface area contributed by atoms with E-state index in [0.717, 1.165) is 25.7 Å². The Hall–Kier alpha value is -3.18. The second kappa shape index (κ2) is 9.59. The molecule has 34 heavy (non-hydrogen) atoms. The maximum Gasteiger partial charge on any atom is 0.270 e. The number of rotatable bonds is 6. The molecule has 4 heterocycles. The van der Waals surface area contributed by atoms with Crippen LogP contribution in [0.1, 0.15) is 41.6 Å². The Kier molecular flexibility index (Phi) is 6.38. The zero-order chi connectivity index (χ0) is 23.7. The molecule has 2 amide bonds. The zero-order valence-electron chi connectivity index (χ0n) is 18.9. The van der Waals surface area contributed by atoms with Crippen molar-refractivity contribution in [3.8, 4) is 5.88 Å². The van der Waals surface area contributed by atoms with Crippen LogP contribution in [0.5, 0.6) is 5.88 Å². The van der Waals surface area contributed by atoms with Gasteiger partial charge in [0.05, 0.1) is 19.4 Å². The van der Waals surface area contributed by atoms with E-state index < -0.39 is 17.3 Å². The van der Waals surface area contributed by atoms with Crippen LogP contribution in [0.25, 0.3) is 11.7 Å². The van der Waals surface area contributed by atoms with Crippen molar-refractivity contribution in [3.05, 3.63) is 33.8 Å². The molecule has 2 aromatic heterocycles. The van der Waals surface area contributed by atoms with Gasteiger partial charge in [-0.25, -0.2) is 0 Å². The minimum atomic E-state index is -0.595. The molecule has 1 aliphatic carbocycles. The number of ether oxygens (including phenoxy) is 2. The van der Waals surface area contributed by atoms with Crippen molar-refractivity contribution in [1.29, 1.82) is 0 Å². The molecule has 5 rings (SSSR count). The maximum absolute atomic E-state index is 13.5. The lowest BCUT2D eigenvalue weighted by molar-refractivity contribution is -0.129. The van der Waals surface area contributed by atoms with Crippen LogP contribution in [0.3, 0.4) is 0 Å². The van der Waals surface area contributed by atoms with Crippen LogP contribution in [0, 0.1) is 5.92 Å². The Morgan fingerprint density at radius 2 is 1.82 bits per heavy atom.